The lowest BCUT2D eigenvalue weighted by atomic mass is 10.1. The third-order valence-corrected chi connectivity index (χ3v) is 5.44. The minimum Gasteiger partial charge on any atom is -0.495 e. The van der Waals surface area contributed by atoms with E-state index in [-0.39, 0.29) is 5.56 Å². The van der Waals surface area contributed by atoms with Crippen LogP contribution >= 0.6 is 0 Å². The predicted molar refractivity (Wildman–Crippen MR) is 116 cm³/mol. The van der Waals surface area contributed by atoms with Crippen molar-refractivity contribution in [1.82, 2.24) is 9.97 Å². The highest BCUT2D eigenvalue weighted by Crippen LogP contribution is 2.28. The van der Waals surface area contributed by atoms with Crippen molar-refractivity contribution < 1.29 is 4.74 Å². The molecule has 1 fully saturated rings. The number of aryl methyl sites for hydroxylation is 1. The SMILES string of the molecule is COc1ccccc1N1CCN(c2nc(C)c(Cc3ccccc3)c(=O)[nH]2)CC1. The van der Waals surface area contributed by atoms with E-state index in [1.165, 1.54) is 0 Å². The van der Waals surface area contributed by atoms with Crippen LogP contribution in [0.3, 0.4) is 0 Å². The van der Waals surface area contributed by atoms with E-state index in [1.54, 1.807) is 7.11 Å². The molecule has 1 aliphatic rings. The van der Waals surface area contributed by atoms with E-state index in [4.69, 9.17) is 9.72 Å². The summed E-state index contributed by atoms with van der Waals surface area (Å²) in [6, 6.07) is 18.1. The van der Waals surface area contributed by atoms with Crippen LogP contribution < -0.4 is 20.1 Å². The van der Waals surface area contributed by atoms with Gasteiger partial charge in [-0.2, -0.15) is 0 Å². The van der Waals surface area contributed by atoms with Crippen molar-refractivity contribution >= 4 is 11.6 Å². The van der Waals surface area contributed by atoms with E-state index in [0.29, 0.717) is 12.4 Å². The molecule has 0 unspecified atom stereocenters. The fourth-order valence-corrected chi connectivity index (χ4v) is 3.80. The normalized spacial score (nSPS) is 14.1. The average Bonchev–Trinajstić information content (AvgIpc) is 2.77. The molecule has 2 aromatic carbocycles. The third kappa shape index (κ3) is 4.11. The van der Waals surface area contributed by atoms with Crippen LogP contribution in [0.4, 0.5) is 11.6 Å². The molecule has 4 rings (SSSR count). The van der Waals surface area contributed by atoms with Gasteiger partial charge < -0.3 is 14.5 Å². The Morgan fingerprint density at radius 1 is 0.966 bits per heavy atom. The second-order valence-corrected chi connectivity index (χ2v) is 7.26. The number of piperazine rings is 1. The fourth-order valence-electron chi connectivity index (χ4n) is 3.80. The van der Waals surface area contributed by atoms with Crippen molar-refractivity contribution in [3.8, 4) is 5.75 Å². The summed E-state index contributed by atoms with van der Waals surface area (Å²) in [4.78, 5) is 24.9. The highest BCUT2D eigenvalue weighted by atomic mass is 16.5. The summed E-state index contributed by atoms with van der Waals surface area (Å²) < 4.78 is 5.49. The van der Waals surface area contributed by atoms with E-state index < -0.39 is 0 Å². The number of anilines is 2. The minimum absolute atomic E-state index is 0.0523. The monoisotopic (exact) mass is 390 g/mol. The van der Waals surface area contributed by atoms with Crippen LogP contribution in [0.25, 0.3) is 0 Å². The number of nitrogens with one attached hydrogen (secondary N) is 1. The van der Waals surface area contributed by atoms with Gasteiger partial charge in [-0.05, 0) is 24.6 Å². The van der Waals surface area contributed by atoms with Crippen molar-refractivity contribution in [3.63, 3.8) is 0 Å². The van der Waals surface area contributed by atoms with Gasteiger partial charge in [0.05, 0.1) is 18.5 Å². The molecule has 0 amide bonds. The maximum absolute atomic E-state index is 12.7. The Kier molecular flexibility index (Phi) is 5.51. The summed E-state index contributed by atoms with van der Waals surface area (Å²) >= 11 is 0. The molecule has 0 saturated carbocycles. The van der Waals surface area contributed by atoms with E-state index in [0.717, 1.165) is 54.4 Å². The Labute approximate surface area is 170 Å². The van der Waals surface area contributed by atoms with Crippen molar-refractivity contribution in [3.05, 3.63) is 81.8 Å². The topological polar surface area (TPSA) is 61.5 Å². The predicted octanol–water partition coefficient (Wildman–Crippen LogP) is 3.00. The van der Waals surface area contributed by atoms with Crippen LogP contribution in [0, 0.1) is 6.92 Å². The standard InChI is InChI=1S/C23H26N4O2/c1-17-19(16-18-8-4-3-5-9-18)22(28)25-23(24-17)27-14-12-26(13-15-27)20-10-6-7-11-21(20)29-2/h3-11H,12-16H2,1-2H3,(H,24,25,28). The first-order chi connectivity index (χ1) is 14.2. The maximum atomic E-state index is 12.7. The van der Waals surface area contributed by atoms with Gasteiger partial charge in [0.1, 0.15) is 5.75 Å². The molecular formula is C23H26N4O2. The van der Waals surface area contributed by atoms with Gasteiger partial charge in [-0.1, -0.05) is 42.5 Å². The quantitative estimate of drug-likeness (QED) is 0.726. The van der Waals surface area contributed by atoms with Crippen LogP contribution in [-0.4, -0.2) is 43.3 Å². The Hall–Kier alpha value is -3.28. The fraction of sp³-hybridized carbons (Fsp3) is 0.304. The molecule has 1 aromatic heterocycles. The smallest absolute Gasteiger partial charge is 0.256 e. The van der Waals surface area contributed by atoms with Crippen molar-refractivity contribution in [2.75, 3.05) is 43.1 Å². The van der Waals surface area contributed by atoms with E-state index in [1.807, 2.05) is 55.5 Å². The van der Waals surface area contributed by atoms with Gasteiger partial charge in [-0.25, -0.2) is 4.98 Å². The number of para-hydroxylation sites is 2. The Bertz CT molecular complexity index is 1020. The summed E-state index contributed by atoms with van der Waals surface area (Å²) in [6.07, 6.45) is 0.594. The highest BCUT2D eigenvalue weighted by Gasteiger charge is 2.22. The molecule has 1 saturated heterocycles. The van der Waals surface area contributed by atoms with Crippen LogP contribution in [0.5, 0.6) is 5.75 Å². The number of ether oxygens (including phenoxy) is 1. The lowest BCUT2D eigenvalue weighted by Gasteiger charge is -2.36. The largest absolute Gasteiger partial charge is 0.495 e. The number of rotatable bonds is 5. The molecule has 0 atom stereocenters. The summed E-state index contributed by atoms with van der Waals surface area (Å²) in [6.45, 7) is 5.18. The molecule has 0 aliphatic carbocycles. The Balaban J connectivity index is 1.48. The molecule has 0 bridgehead atoms. The van der Waals surface area contributed by atoms with Crippen LogP contribution in [0.15, 0.2) is 59.4 Å². The first-order valence-electron chi connectivity index (χ1n) is 9.92. The maximum Gasteiger partial charge on any atom is 0.256 e. The van der Waals surface area contributed by atoms with E-state index in [9.17, 15) is 4.79 Å². The molecule has 1 N–H and O–H groups in total. The molecule has 1 aliphatic heterocycles. The van der Waals surface area contributed by atoms with Gasteiger partial charge in [-0.15, -0.1) is 0 Å². The molecule has 150 valence electrons. The lowest BCUT2D eigenvalue weighted by Crippen LogP contribution is -2.47. The number of hydrogen-bond acceptors (Lipinski definition) is 5. The van der Waals surface area contributed by atoms with Gasteiger partial charge in [-0.3, -0.25) is 9.78 Å². The van der Waals surface area contributed by atoms with Crippen LogP contribution in [0.2, 0.25) is 0 Å². The summed E-state index contributed by atoms with van der Waals surface area (Å²) in [7, 11) is 1.70. The number of benzene rings is 2. The van der Waals surface area contributed by atoms with Gasteiger partial charge in [0.15, 0.2) is 0 Å². The van der Waals surface area contributed by atoms with Crippen LogP contribution in [-0.2, 0) is 6.42 Å². The first-order valence-corrected chi connectivity index (χ1v) is 9.92. The average molecular weight is 390 g/mol. The van der Waals surface area contributed by atoms with E-state index >= 15 is 0 Å². The van der Waals surface area contributed by atoms with Crippen molar-refractivity contribution in [2.24, 2.45) is 0 Å². The molecule has 2 heterocycles. The first kappa shape index (κ1) is 19.1. The Morgan fingerprint density at radius 3 is 2.31 bits per heavy atom. The van der Waals surface area contributed by atoms with Crippen molar-refractivity contribution in [2.45, 2.75) is 13.3 Å². The summed E-state index contributed by atoms with van der Waals surface area (Å²) in [5.74, 6) is 1.54. The van der Waals surface area contributed by atoms with E-state index in [2.05, 4.69) is 20.9 Å². The van der Waals surface area contributed by atoms with Gasteiger partial charge >= 0.3 is 0 Å². The third-order valence-electron chi connectivity index (χ3n) is 5.44. The molecular weight excluding hydrogens is 364 g/mol. The number of aromatic amines is 1. The second kappa shape index (κ2) is 8.39. The number of aromatic nitrogens is 2. The molecule has 6 nitrogen and oxygen atoms in total. The number of hydrogen-bond donors (Lipinski definition) is 1. The van der Waals surface area contributed by atoms with Gasteiger partial charge in [0.2, 0.25) is 5.95 Å². The minimum atomic E-state index is -0.0523. The zero-order chi connectivity index (χ0) is 20.2. The molecule has 0 spiro atoms. The van der Waals surface area contributed by atoms with Gasteiger partial charge in [0, 0.05) is 38.2 Å². The summed E-state index contributed by atoms with van der Waals surface area (Å²) in [5.41, 5.74) is 3.68. The molecule has 0 radical (unpaired) electrons. The Morgan fingerprint density at radius 2 is 1.62 bits per heavy atom. The molecule has 3 aromatic rings. The molecule has 29 heavy (non-hydrogen) atoms. The second-order valence-electron chi connectivity index (χ2n) is 7.26. The number of H-pyrrole nitrogens is 1. The molecule has 6 heteroatoms. The van der Waals surface area contributed by atoms with Gasteiger partial charge in [0.25, 0.3) is 5.56 Å². The zero-order valence-electron chi connectivity index (χ0n) is 16.9. The number of methoxy groups -OCH3 is 1. The number of nitrogens with zero attached hydrogens (tertiary/aromatic N) is 3. The lowest BCUT2D eigenvalue weighted by molar-refractivity contribution is 0.413. The van der Waals surface area contributed by atoms with Crippen molar-refractivity contribution in [1.29, 1.82) is 0 Å². The highest BCUT2D eigenvalue weighted by molar-refractivity contribution is 5.59. The zero-order valence-corrected chi connectivity index (χ0v) is 16.9. The summed E-state index contributed by atoms with van der Waals surface area (Å²) in [5, 5.41) is 0. The van der Waals surface area contributed by atoms with Crippen LogP contribution in [0.1, 0.15) is 16.8 Å².